The SMILES string of the molecule is CO[P@@](=O)(O[C@H]1CC2CCC([C@H]1C(=O)OCCCCNC(=O)CCC(=O)ON1C(=O)c3ccccc3C1=O)N2C)c1ccccc1. The molecular formula is C32H38N3O10P. The third-order valence-corrected chi connectivity index (χ3v) is 10.7. The molecule has 2 fully saturated rings. The van der Waals surface area contributed by atoms with Gasteiger partial charge in [-0.1, -0.05) is 35.4 Å². The van der Waals surface area contributed by atoms with Gasteiger partial charge in [0, 0.05) is 32.2 Å². The molecule has 2 bridgehead atoms. The van der Waals surface area contributed by atoms with E-state index in [1.54, 1.807) is 36.4 Å². The van der Waals surface area contributed by atoms with Crippen molar-refractivity contribution in [2.75, 3.05) is 27.3 Å². The topological polar surface area (TPSA) is 158 Å². The summed E-state index contributed by atoms with van der Waals surface area (Å²) in [4.78, 5) is 69.5. The average molecular weight is 656 g/mol. The number of rotatable bonds is 14. The number of unbranched alkanes of at least 4 members (excludes halogenated alkanes) is 1. The number of esters is 1. The van der Waals surface area contributed by atoms with Crippen molar-refractivity contribution < 1.29 is 47.2 Å². The van der Waals surface area contributed by atoms with E-state index in [2.05, 4.69) is 10.2 Å². The molecule has 3 aliphatic heterocycles. The molecule has 0 radical (unpaired) electrons. The molecule has 3 heterocycles. The lowest BCUT2D eigenvalue weighted by Gasteiger charge is -2.42. The second kappa shape index (κ2) is 14.7. The van der Waals surface area contributed by atoms with Crippen LogP contribution in [0.2, 0.25) is 0 Å². The van der Waals surface area contributed by atoms with Gasteiger partial charge in [0.15, 0.2) is 0 Å². The fraction of sp³-hybridized carbons (Fsp3) is 0.469. The maximum Gasteiger partial charge on any atom is 0.361 e. The van der Waals surface area contributed by atoms with Crippen LogP contribution in [0.15, 0.2) is 54.6 Å². The Balaban J connectivity index is 1.03. The number of carbonyl (C=O) groups excluding carboxylic acids is 5. The van der Waals surface area contributed by atoms with Crippen LogP contribution in [0.4, 0.5) is 0 Å². The quantitative estimate of drug-likeness (QED) is 0.138. The third kappa shape index (κ3) is 7.23. The Hall–Kier alpha value is -3.90. The fourth-order valence-electron chi connectivity index (χ4n) is 6.26. The summed E-state index contributed by atoms with van der Waals surface area (Å²) in [6.07, 6.45) is 2.11. The number of piperidine rings is 1. The minimum absolute atomic E-state index is 0.0969. The number of nitrogens with zero attached hydrogens (tertiary/aromatic N) is 2. The van der Waals surface area contributed by atoms with Gasteiger partial charge in [-0.25, -0.2) is 4.79 Å². The molecule has 13 nitrogen and oxygen atoms in total. The Morgan fingerprint density at radius 1 is 0.935 bits per heavy atom. The van der Waals surface area contributed by atoms with E-state index in [9.17, 15) is 28.5 Å². The summed E-state index contributed by atoms with van der Waals surface area (Å²) in [6, 6.07) is 14.9. The van der Waals surface area contributed by atoms with Gasteiger partial charge in [-0.15, -0.1) is 0 Å². The van der Waals surface area contributed by atoms with Gasteiger partial charge in [-0.05, 0) is 63.4 Å². The molecule has 2 saturated heterocycles. The van der Waals surface area contributed by atoms with Crippen LogP contribution in [-0.2, 0) is 37.6 Å². The van der Waals surface area contributed by atoms with E-state index in [0.717, 1.165) is 12.8 Å². The highest BCUT2D eigenvalue weighted by atomic mass is 31.2. The van der Waals surface area contributed by atoms with Crippen LogP contribution >= 0.6 is 7.60 Å². The monoisotopic (exact) mass is 655 g/mol. The first-order valence-electron chi connectivity index (χ1n) is 15.4. The molecule has 5 atom stereocenters. The van der Waals surface area contributed by atoms with Crippen LogP contribution in [0, 0.1) is 5.92 Å². The van der Waals surface area contributed by atoms with Crippen molar-refractivity contribution in [3.8, 4) is 0 Å². The molecule has 46 heavy (non-hydrogen) atoms. The lowest BCUT2D eigenvalue weighted by Crippen LogP contribution is -2.53. The first-order valence-corrected chi connectivity index (χ1v) is 16.9. The normalized spacial score (nSPS) is 23.5. The van der Waals surface area contributed by atoms with Gasteiger partial charge in [-0.2, -0.15) is 0 Å². The fourth-order valence-corrected chi connectivity index (χ4v) is 7.79. The van der Waals surface area contributed by atoms with E-state index in [0.29, 0.717) is 36.2 Å². The van der Waals surface area contributed by atoms with Gasteiger partial charge in [0.1, 0.15) is 0 Å². The molecule has 14 heteroatoms. The predicted molar refractivity (Wildman–Crippen MR) is 164 cm³/mol. The van der Waals surface area contributed by atoms with Crippen molar-refractivity contribution in [2.45, 2.75) is 63.1 Å². The van der Waals surface area contributed by atoms with E-state index in [1.807, 2.05) is 13.1 Å². The zero-order valence-corrected chi connectivity index (χ0v) is 26.7. The molecule has 3 aliphatic rings. The maximum absolute atomic E-state index is 13.7. The standard InChI is InChI=1S/C32H38N3O10P/c1-34-21-14-15-25(34)29(26(20-21)45-46(41,42-2)22-10-4-3-5-11-22)32(40)43-19-9-8-18-33-27(36)16-17-28(37)44-35-30(38)23-12-6-7-13-24(23)31(35)39/h3-7,10-13,21,25-26,29H,8-9,14-20H2,1-2H3,(H,33,36)/t21?,25?,26-,29+,46+/m0/s1. The molecule has 5 rings (SSSR count). The van der Waals surface area contributed by atoms with Crippen LogP contribution in [0.5, 0.6) is 0 Å². The van der Waals surface area contributed by atoms with E-state index in [-0.39, 0.29) is 42.7 Å². The Morgan fingerprint density at radius 3 is 2.28 bits per heavy atom. The molecular weight excluding hydrogens is 617 g/mol. The van der Waals surface area contributed by atoms with Crippen LogP contribution in [0.25, 0.3) is 0 Å². The summed E-state index contributed by atoms with van der Waals surface area (Å²) in [7, 11) is -0.333. The number of hydrogen-bond acceptors (Lipinski definition) is 11. The molecule has 0 spiro atoms. The van der Waals surface area contributed by atoms with Crippen molar-refractivity contribution in [3.63, 3.8) is 0 Å². The van der Waals surface area contributed by atoms with Gasteiger partial charge in [0.25, 0.3) is 11.8 Å². The van der Waals surface area contributed by atoms with Crippen LogP contribution in [-0.4, -0.2) is 85.1 Å². The van der Waals surface area contributed by atoms with E-state index in [1.165, 1.54) is 19.2 Å². The van der Waals surface area contributed by atoms with E-state index >= 15 is 0 Å². The summed E-state index contributed by atoms with van der Waals surface area (Å²) in [5.41, 5.74) is 0.296. The number of hydrogen-bond donors (Lipinski definition) is 1. The molecule has 0 aliphatic carbocycles. The minimum atomic E-state index is -3.66. The number of ether oxygens (including phenoxy) is 1. The van der Waals surface area contributed by atoms with Gasteiger partial charge >= 0.3 is 19.5 Å². The molecule has 246 valence electrons. The van der Waals surface area contributed by atoms with Crippen molar-refractivity contribution in [2.24, 2.45) is 5.92 Å². The maximum atomic E-state index is 13.7. The van der Waals surface area contributed by atoms with E-state index < -0.39 is 49.3 Å². The predicted octanol–water partition coefficient (Wildman–Crippen LogP) is 2.99. The van der Waals surface area contributed by atoms with Crippen molar-refractivity contribution in [1.29, 1.82) is 0 Å². The van der Waals surface area contributed by atoms with Crippen LogP contribution in [0.3, 0.4) is 0 Å². The number of imide groups is 1. The van der Waals surface area contributed by atoms with Gasteiger partial charge in [-0.3, -0.25) is 28.6 Å². The molecule has 0 saturated carbocycles. The zero-order chi connectivity index (χ0) is 32.8. The second-order valence-corrected chi connectivity index (χ2v) is 13.6. The van der Waals surface area contributed by atoms with Gasteiger partial charge in [0.05, 0.1) is 41.5 Å². The number of benzene rings is 2. The summed E-state index contributed by atoms with van der Waals surface area (Å²) in [6.45, 7) is 0.422. The molecule has 1 N–H and O–H groups in total. The number of hydroxylamine groups is 2. The zero-order valence-electron chi connectivity index (χ0n) is 25.8. The lowest BCUT2D eigenvalue weighted by atomic mass is 9.88. The Labute approximate surface area is 267 Å². The Morgan fingerprint density at radius 2 is 1.61 bits per heavy atom. The second-order valence-electron chi connectivity index (χ2n) is 11.5. The summed E-state index contributed by atoms with van der Waals surface area (Å²) in [5, 5.41) is 3.53. The third-order valence-electron chi connectivity index (χ3n) is 8.72. The molecule has 3 amide bonds. The van der Waals surface area contributed by atoms with E-state index in [4.69, 9.17) is 18.6 Å². The average Bonchev–Trinajstić information content (AvgIpc) is 3.44. The Bertz CT molecular complexity index is 1480. The highest BCUT2D eigenvalue weighted by Gasteiger charge is 2.52. The smallest absolute Gasteiger partial charge is 0.361 e. The molecule has 2 unspecified atom stereocenters. The minimum Gasteiger partial charge on any atom is -0.465 e. The molecule has 0 aromatic heterocycles. The number of nitrogens with one attached hydrogen (secondary N) is 1. The first-order chi connectivity index (χ1) is 22.1. The molecule has 2 aromatic carbocycles. The summed E-state index contributed by atoms with van der Waals surface area (Å²) in [5.74, 6) is -3.79. The molecule has 2 aromatic rings. The number of carbonyl (C=O) groups is 5. The Kier molecular flexibility index (Phi) is 10.7. The highest BCUT2D eigenvalue weighted by molar-refractivity contribution is 7.62. The van der Waals surface area contributed by atoms with Crippen molar-refractivity contribution >= 4 is 42.6 Å². The lowest BCUT2D eigenvalue weighted by molar-refractivity contribution is -0.169. The van der Waals surface area contributed by atoms with Gasteiger partial charge in [0.2, 0.25) is 5.91 Å². The number of fused-ring (bicyclic) bond motifs is 3. The van der Waals surface area contributed by atoms with Crippen molar-refractivity contribution in [1.82, 2.24) is 15.3 Å². The first kappa shape index (κ1) is 33.5. The largest absolute Gasteiger partial charge is 0.465 e. The van der Waals surface area contributed by atoms with Crippen molar-refractivity contribution in [3.05, 3.63) is 65.7 Å². The van der Waals surface area contributed by atoms with Crippen LogP contribution in [0.1, 0.15) is 65.7 Å². The van der Waals surface area contributed by atoms with Gasteiger partial charge < -0.3 is 23.9 Å². The summed E-state index contributed by atoms with van der Waals surface area (Å²) >= 11 is 0. The van der Waals surface area contributed by atoms with Crippen LogP contribution < -0.4 is 10.6 Å². The summed E-state index contributed by atoms with van der Waals surface area (Å²) < 4.78 is 30.8. The highest BCUT2D eigenvalue weighted by Crippen LogP contribution is 2.52. The number of amides is 3.